The van der Waals surface area contributed by atoms with Crippen LogP contribution in [0.5, 0.6) is 5.75 Å². The van der Waals surface area contributed by atoms with Gasteiger partial charge >= 0.3 is 6.61 Å². The van der Waals surface area contributed by atoms with Crippen LogP contribution < -0.4 is 10.5 Å². The van der Waals surface area contributed by atoms with Crippen LogP contribution in [-0.4, -0.2) is 6.61 Å². The van der Waals surface area contributed by atoms with Crippen molar-refractivity contribution in [3.8, 4) is 16.2 Å². The lowest BCUT2D eigenvalue weighted by Crippen LogP contribution is -2.01. The number of hydrogen-bond donors (Lipinski definition) is 1. The van der Waals surface area contributed by atoms with Crippen LogP contribution in [0.3, 0.4) is 0 Å². The van der Waals surface area contributed by atoms with Gasteiger partial charge in [0.05, 0.1) is 5.00 Å². The van der Waals surface area contributed by atoms with Gasteiger partial charge in [0.15, 0.2) is 0 Å². The first-order valence-corrected chi connectivity index (χ1v) is 5.37. The van der Waals surface area contributed by atoms with Gasteiger partial charge in [0.25, 0.3) is 0 Å². The first-order valence-electron chi connectivity index (χ1n) is 4.56. The van der Waals surface area contributed by atoms with Crippen molar-refractivity contribution in [1.82, 2.24) is 0 Å². The van der Waals surface area contributed by atoms with Crippen molar-refractivity contribution < 1.29 is 13.5 Å². The van der Waals surface area contributed by atoms with Gasteiger partial charge in [-0.15, -0.1) is 11.3 Å². The predicted molar refractivity (Wildman–Crippen MR) is 60.8 cm³/mol. The van der Waals surface area contributed by atoms with Crippen molar-refractivity contribution in [2.75, 3.05) is 5.73 Å². The highest BCUT2D eigenvalue weighted by molar-refractivity contribution is 7.19. The molecule has 5 heteroatoms. The molecular formula is C11H9F2NOS. The Morgan fingerprint density at radius 2 is 1.75 bits per heavy atom. The molecule has 1 heterocycles. The molecule has 2 nitrogen and oxygen atoms in total. The number of thiophene rings is 1. The zero-order valence-electron chi connectivity index (χ0n) is 8.19. The third-order valence-corrected chi connectivity index (χ3v) is 2.95. The Balaban J connectivity index is 2.19. The summed E-state index contributed by atoms with van der Waals surface area (Å²) < 4.78 is 28.1. The highest BCUT2D eigenvalue weighted by Gasteiger charge is 2.05. The second-order valence-corrected chi connectivity index (χ2v) is 4.22. The molecule has 2 rings (SSSR count). The first kappa shape index (κ1) is 10.9. The molecule has 0 radical (unpaired) electrons. The topological polar surface area (TPSA) is 35.2 Å². The molecule has 0 bridgehead atoms. The van der Waals surface area contributed by atoms with Crippen LogP contribution in [0, 0.1) is 0 Å². The largest absolute Gasteiger partial charge is 0.435 e. The van der Waals surface area contributed by atoms with Crippen LogP contribution in [0.1, 0.15) is 0 Å². The fourth-order valence-corrected chi connectivity index (χ4v) is 2.09. The summed E-state index contributed by atoms with van der Waals surface area (Å²) in [6.45, 7) is -2.79. The fraction of sp³-hybridized carbons (Fsp3) is 0.0909. The number of halogens is 2. The molecule has 0 atom stereocenters. The second kappa shape index (κ2) is 4.49. The summed E-state index contributed by atoms with van der Waals surface area (Å²) in [5.41, 5.74) is 6.54. The molecule has 0 unspecified atom stereocenters. The Labute approximate surface area is 95.3 Å². The molecule has 0 saturated heterocycles. The van der Waals surface area contributed by atoms with E-state index in [1.54, 1.807) is 12.1 Å². The van der Waals surface area contributed by atoms with E-state index >= 15 is 0 Å². The fourth-order valence-electron chi connectivity index (χ4n) is 1.31. The maximum absolute atomic E-state index is 11.9. The Bertz CT molecular complexity index is 467. The van der Waals surface area contributed by atoms with Crippen molar-refractivity contribution in [3.63, 3.8) is 0 Å². The Kier molecular flexibility index (Phi) is 3.05. The highest BCUT2D eigenvalue weighted by Crippen LogP contribution is 2.30. The van der Waals surface area contributed by atoms with Gasteiger partial charge in [-0.1, -0.05) is 0 Å². The zero-order valence-corrected chi connectivity index (χ0v) is 9.01. The molecule has 0 spiro atoms. The molecular weight excluding hydrogens is 232 g/mol. The standard InChI is InChI=1S/C11H9F2NOS/c12-11(13)15-8-3-1-7(2-4-8)9-5-6-10(14)16-9/h1-6,11H,14H2. The number of hydrogen-bond acceptors (Lipinski definition) is 3. The van der Waals surface area contributed by atoms with Crippen LogP contribution in [0.2, 0.25) is 0 Å². The molecule has 0 saturated carbocycles. The van der Waals surface area contributed by atoms with Gasteiger partial charge in [-0.05, 0) is 42.0 Å². The van der Waals surface area contributed by atoms with Gasteiger partial charge < -0.3 is 10.5 Å². The average molecular weight is 241 g/mol. The number of ether oxygens (including phenoxy) is 1. The molecule has 0 aliphatic rings. The minimum Gasteiger partial charge on any atom is -0.435 e. The molecule has 0 amide bonds. The number of benzene rings is 1. The minimum absolute atomic E-state index is 0.156. The lowest BCUT2D eigenvalue weighted by Gasteiger charge is -2.04. The monoisotopic (exact) mass is 241 g/mol. The van der Waals surface area contributed by atoms with E-state index in [0.29, 0.717) is 0 Å². The van der Waals surface area contributed by atoms with Gasteiger partial charge in [-0.2, -0.15) is 8.78 Å². The quantitative estimate of drug-likeness (QED) is 0.891. The van der Waals surface area contributed by atoms with Crippen LogP contribution >= 0.6 is 11.3 Å². The van der Waals surface area contributed by atoms with E-state index in [1.807, 2.05) is 12.1 Å². The molecule has 2 N–H and O–H groups in total. The smallest absolute Gasteiger partial charge is 0.387 e. The van der Waals surface area contributed by atoms with E-state index in [-0.39, 0.29) is 5.75 Å². The molecule has 0 aliphatic heterocycles. The summed E-state index contributed by atoms with van der Waals surface area (Å²) in [4.78, 5) is 1.00. The van der Waals surface area contributed by atoms with E-state index in [1.165, 1.54) is 23.5 Å². The molecule has 0 aliphatic carbocycles. The SMILES string of the molecule is Nc1ccc(-c2ccc(OC(F)F)cc2)s1. The second-order valence-electron chi connectivity index (χ2n) is 3.10. The summed E-state index contributed by atoms with van der Waals surface area (Å²) in [6, 6.07) is 10.2. The first-order chi connectivity index (χ1) is 7.65. The maximum atomic E-state index is 11.9. The number of alkyl halides is 2. The lowest BCUT2D eigenvalue weighted by atomic mass is 10.2. The number of rotatable bonds is 3. The maximum Gasteiger partial charge on any atom is 0.387 e. The third-order valence-electron chi connectivity index (χ3n) is 1.99. The van der Waals surface area contributed by atoms with Crippen LogP contribution in [-0.2, 0) is 0 Å². The van der Waals surface area contributed by atoms with Gasteiger partial charge in [-0.3, -0.25) is 0 Å². The summed E-state index contributed by atoms with van der Waals surface area (Å²) in [5, 5.41) is 0.725. The lowest BCUT2D eigenvalue weighted by molar-refractivity contribution is -0.0498. The van der Waals surface area contributed by atoms with Crippen molar-refractivity contribution in [1.29, 1.82) is 0 Å². The molecule has 16 heavy (non-hydrogen) atoms. The average Bonchev–Trinajstić information content (AvgIpc) is 2.65. The Morgan fingerprint density at radius 1 is 1.06 bits per heavy atom. The number of anilines is 1. The molecule has 2 aromatic rings. The summed E-state index contributed by atoms with van der Waals surface area (Å²) in [5.74, 6) is 0.156. The van der Waals surface area contributed by atoms with Gasteiger partial charge in [0.1, 0.15) is 5.75 Å². The highest BCUT2D eigenvalue weighted by atomic mass is 32.1. The predicted octanol–water partition coefficient (Wildman–Crippen LogP) is 3.60. The van der Waals surface area contributed by atoms with Crippen LogP contribution in [0.4, 0.5) is 13.8 Å². The minimum atomic E-state index is -2.79. The Hall–Kier alpha value is -1.62. The molecule has 1 aromatic heterocycles. The molecule has 1 aromatic carbocycles. The van der Waals surface area contributed by atoms with Crippen molar-refractivity contribution in [2.24, 2.45) is 0 Å². The van der Waals surface area contributed by atoms with Crippen molar-refractivity contribution >= 4 is 16.3 Å². The summed E-state index contributed by atoms with van der Waals surface area (Å²) in [7, 11) is 0. The summed E-state index contributed by atoms with van der Waals surface area (Å²) >= 11 is 1.45. The van der Waals surface area contributed by atoms with E-state index in [4.69, 9.17) is 5.73 Å². The van der Waals surface area contributed by atoms with Gasteiger partial charge in [-0.25, -0.2) is 0 Å². The molecule has 84 valence electrons. The van der Waals surface area contributed by atoms with E-state index in [0.717, 1.165) is 15.4 Å². The van der Waals surface area contributed by atoms with E-state index in [2.05, 4.69) is 4.74 Å². The van der Waals surface area contributed by atoms with Crippen molar-refractivity contribution in [3.05, 3.63) is 36.4 Å². The van der Waals surface area contributed by atoms with E-state index < -0.39 is 6.61 Å². The summed E-state index contributed by atoms with van der Waals surface area (Å²) in [6.07, 6.45) is 0. The van der Waals surface area contributed by atoms with Crippen LogP contribution in [0.15, 0.2) is 36.4 Å². The normalized spacial score (nSPS) is 10.7. The molecule has 0 fully saturated rings. The number of nitrogen functional groups attached to an aromatic ring is 1. The third kappa shape index (κ3) is 2.49. The van der Waals surface area contributed by atoms with E-state index in [9.17, 15) is 8.78 Å². The zero-order chi connectivity index (χ0) is 11.5. The van der Waals surface area contributed by atoms with Crippen molar-refractivity contribution in [2.45, 2.75) is 6.61 Å². The number of nitrogens with two attached hydrogens (primary N) is 1. The van der Waals surface area contributed by atoms with Gasteiger partial charge in [0.2, 0.25) is 0 Å². The van der Waals surface area contributed by atoms with Crippen LogP contribution in [0.25, 0.3) is 10.4 Å². The van der Waals surface area contributed by atoms with Gasteiger partial charge in [0, 0.05) is 4.88 Å². The Morgan fingerprint density at radius 3 is 2.25 bits per heavy atom.